The lowest BCUT2D eigenvalue weighted by Crippen LogP contribution is -2.34. The second kappa shape index (κ2) is 9.83. The van der Waals surface area contributed by atoms with Gasteiger partial charge in [-0.15, -0.1) is 0 Å². The number of aliphatic imine (C=N–C) groups is 1. The standard InChI is InChI=1S/C27H23ClFN5O2/c1-15-25(27(35)32-19-6-10-23-17(12-19)14-30-34-23)26(21-9-5-18(28)13-22(21)29)33-24(31-15)11-16-3-7-20(36-2)8-4-16/h3-10,12-14,26H,11H2,1-2H3,(H,30,34)(H,31,33)(H,32,35). The Labute approximate surface area is 212 Å². The highest BCUT2D eigenvalue weighted by atomic mass is 35.5. The molecular formula is C27H23ClFN5O2. The van der Waals surface area contributed by atoms with E-state index in [-0.39, 0.29) is 16.5 Å². The van der Waals surface area contributed by atoms with Gasteiger partial charge in [0, 0.05) is 33.8 Å². The average Bonchev–Trinajstić information content (AvgIpc) is 3.32. The van der Waals surface area contributed by atoms with Crippen LogP contribution in [0.15, 0.2) is 83.1 Å². The number of hydrogen-bond acceptors (Lipinski definition) is 5. The maximum absolute atomic E-state index is 15.0. The van der Waals surface area contributed by atoms with Gasteiger partial charge in [-0.3, -0.25) is 14.9 Å². The lowest BCUT2D eigenvalue weighted by molar-refractivity contribution is -0.113. The Bertz CT molecular complexity index is 1510. The fraction of sp³-hybridized carbons (Fsp3) is 0.148. The topological polar surface area (TPSA) is 91.4 Å². The first-order chi connectivity index (χ1) is 17.4. The molecular weight excluding hydrogens is 481 g/mol. The lowest BCUT2D eigenvalue weighted by atomic mass is 9.94. The maximum Gasteiger partial charge on any atom is 0.255 e. The quantitative estimate of drug-likeness (QED) is 0.321. The number of halogens is 2. The van der Waals surface area contributed by atoms with Crippen molar-refractivity contribution in [3.05, 3.63) is 100 Å². The maximum atomic E-state index is 15.0. The number of rotatable bonds is 6. The van der Waals surface area contributed by atoms with Crippen LogP contribution in [0.3, 0.4) is 0 Å². The number of aromatic amines is 1. The summed E-state index contributed by atoms with van der Waals surface area (Å²) < 4.78 is 20.3. The Kier molecular flexibility index (Phi) is 6.43. The van der Waals surface area contributed by atoms with E-state index in [2.05, 4.69) is 20.8 Å². The Hall–Kier alpha value is -4.17. The van der Waals surface area contributed by atoms with E-state index in [0.29, 0.717) is 29.2 Å². The van der Waals surface area contributed by atoms with Crippen LogP contribution in [0.1, 0.15) is 24.1 Å². The molecule has 4 aromatic rings. The molecule has 3 N–H and O–H groups in total. The molecule has 0 saturated heterocycles. The summed E-state index contributed by atoms with van der Waals surface area (Å²) in [7, 11) is 1.61. The third kappa shape index (κ3) is 4.81. The van der Waals surface area contributed by atoms with Crippen LogP contribution in [0.2, 0.25) is 5.02 Å². The van der Waals surface area contributed by atoms with Crippen LogP contribution >= 0.6 is 11.6 Å². The Morgan fingerprint density at radius 2 is 1.94 bits per heavy atom. The summed E-state index contributed by atoms with van der Waals surface area (Å²) in [5.41, 5.74) is 3.63. The summed E-state index contributed by atoms with van der Waals surface area (Å²) in [6.45, 7) is 1.79. The van der Waals surface area contributed by atoms with Crippen molar-refractivity contribution in [2.75, 3.05) is 12.4 Å². The van der Waals surface area contributed by atoms with Crippen LogP contribution in [0.5, 0.6) is 5.75 Å². The minimum atomic E-state index is -0.852. The molecule has 1 amide bonds. The molecule has 36 heavy (non-hydrogen) atoms. The van der Waals surface area contributed by atoms with Gasteiger partial charge in [0.05, 0.1) is 24.4 Å². The summed E-state index contributed by atoms with van der Waals surface area (Å²) in [5, 5.41) is 14.2. The van der Waals surface area contributed by atoms with Crippen molar-refractivity contribution in [2.45, 2.75) is 19.4 Å². The van der Waals surface area contributed by atoms with E-state index in [9.17, 15) is 4.79 Å². The first-order valence-electron chi connectivity index (χ1n) is 11.3. The molecule has 1 aliphatic heterocycles. The van der Waals surface area contributed by atoms with Gasteiger partial charge in [-0.05, 0) is 55.0 Å². The third-order valence-corrected chi connectivity index (χ3v) is 6.26. The van der Waals surface area contributed by atoms with Crippen LogP contribution < -0.4 is 15.4 Å². The van der Waals surface area contributed by atoms with E-state index in [4.69, 9.17) is 21.3 Å². The Morgan fingerprint density at radius 1 is 1.14 bits per heavy atom. The van der Waals surface area contributed by atoms with E-state index >= 15 is 4.39 Å². The fourth-order valence-corrected chi connectivity index (χ4v) is 4.39. The molecule has 7 nitrogen and oxygen atoms in total. The number of aromatic nitrogens is 2. The first-order valence-corrected chi connectivity index (χ1v) is 11.7. The molecule has 5 rings (SSSR count). The number of hydrogen-bond donors (Lipinski definition) is 3. The average molecular weight is 504 g/mol. The molecule has 0 saturated carbocycles. The number of nitrogens with zero attached hydrogens (tertiary/aromatic N) is 2. The SMILES string of the molecule is COc1ccc(CC2=NC(c3ccc(Cl)cc3F)C(C(=O)Nc3ccc4[nH]ncc4c3)=C(C)N2)cc1. The number of anilines is 1. The number of nitrogens with one attached hydrogen (secondary N) is 3. The normalized spacial score (nSPS) is 15.4. The van der Waals surface area contributed by atoms with E-state index in [1.165, 1.54) is 6.07 Å². The zero-order valence-electron chi connectivity index (χ0n) is 19.6. The summed E-state index contributed by atoms with van der Waals surface area (Å²) in [6, 6.07) is 16.6. The first kappa shape index (κ1) is 23.6. The van der Waals surface area contributed by atoms with Crippen molar-refractivity contribution >= 4 is 39.9 Å². The molecule has 1 unspecified atom stereocenters. The van der Waals surface area contributed by atoms with Crippen molar-refractivity contribution in [1.29, 1.82) is 0 Å². The van der Waals surface area contributed by atoms with Crippen LogP contribution in [0.25, 0.3) is 10.9 Å². The molecule has 9 heteroatoms. The van der Waals surface area contributed by atoms with Gasteiger partial charge in [0.1, 0.15) is 23.4 Å². The van der Waals surface area contributed by atoms with Crippen molar-refractivity contribution < 1.29 is 13.9 Å². The molecule has 3 aromatic carbocycles. The van der Waals surface area contributed by atoms with Gasteiger partial charge >= 0.3 is 0 Å². The van der Waals surface area contributed by atoms with E-state index < -0.39 is 11.9 Å². The Morgan fingerprint density at radius 3 is 2.69 bits per heavy atom. The summed E-state index contributed by atoms with van der Waals surface area (Å²) in [6.07, 6.45) is 2.15. The van der Waals surface area contributed by atoms with E-state index in [1.54, 1.807) is 38.4 Å². The zero-order valence-corrected chi connectivity index (χ0v) is 20.4. The molecule has 182 valence electrons. The van der Waals surface area contributed by atoms with Gasteiger partial charge in [0.2, 0.25) is 0 Å². The number of fused-ring (bicyclic) bond motifs is 1. The molecule has 1 aliphatic rings. The number of allylic oxidation sites excluding steroid dienone is 1. The number of methoxy groups -OCH3 is 1. The van der Waals surface area contributed by atoms with E-state index in [0.717, 1.165) is 22.2 Å². The Balaban J connectivity index is 1.48. The highest BCUT2D eigenvalue weighted by molar-refractivity contribution is 6.30. The second-order valence-electron chi connectivity index (χ2n) is 8.46. The predicted octanol–water partition coefficient (Wildman–Crippen LogP) is 5.56. The predicted molar refractivity (Wildman–Crippen MR) is 139 cm³/mol. The highest BCUT2D eigenvalue weighted by Crippen LogP contribution is 2.34. The monoisotopic (exact) mass is 503 g/mol. The number of carbonyl (C=O) groups excluding carboxylic acids is 1. The number of amidine groups is 1. The number of amides is 1. The molecule has 0 aliphatic carbocycles. The van der Waals surface area contributed by atoms with Gasteiger partial charge in [0.15, 0.2) is 0 Å². The van der Waals surface area contributed by atoms with Crippen LogP contribution in [-0.2, 0) is 11.2 Å². The zero-order chi connectivity index (χ0) is 25.2. The van der Waals surface area contributed by atoms with Gasteiger partial charge in [-0.1, -0.05) is 29.8 Å². The number of carbonyl (C=O) groups is 1. The lowest BCUT2D eigenvalue weighted by Gasteiger charge is -2.27. The van der Waals surface area contributed by atoms with Gasteiger partial charge in [-0.25, -0.2) is 4.39 Å². The molecule has 2 heterocycles. The molecule has 1 aromatic heterocycles. The van der Waals surface area contributed by atoms with Crippen LogP contribution in [0, 0.1) is 5.82 Å². The molecule has 1 atom stereocenters. The second-order valence-corrected chi connectivity index (χ2v) is 8.90. The van der Waals surface area contributed by atoms with Gasteiger partial charge in [0.25, 0.3) is 5.91 Å². The third-order valence-electron chi connectivity index (χ3n) is 6.02. The molecule has 0 bridgehead atoms. The molecule has 0 spiro atoms. The van der Waals surface area contributed by atoms with Crippen LogP contribution in [-0.4, -0.2) is 29.0 Å². The summed E-state index contributed by atoms with van der Waals surface area (Å²) >= 11 is 5.99. The number of H-pyrrole nitrogens is 1. The fourth-order valence-electron chi connectivity index (χ4n) is 4.23. The minimum Gasteiger partial charge on any atom is -0.497 e. The van der Waals surface area contributed by atoms with Crippen molar-refractivity contribution in [1.82, 2.24) is 15.5 Å². The summed E-state index contributed by atoms with van der Waals surface area (Å²) in [4.78, 5) is 18.3. The largest absolute Gasteiger partial charge is 0.497 e. The van der Waals surface area contributed by atoms with E-state index in [1.807, 2.05) is 36.4 Å². The highest BCUT2D eigenvalue weighted by Gasteiger charge is 2.31. The number of ether oxygens (including phenoxy) is 1. The van der Waals surface area contributed by atoms with Crippen molar-refractivity contribution in [3.8, 4) is 5.75 Å². The van der Waals surface area contributed by atoms with Gasteiger partial charge in [-0.2, -0.15) is 5.10 Å². The van der Waals surface area contributed by atoms with Crippen molar-refractivity contribution in [3.63, 3.8) is 0 Å². The molecule has 0 radical (unpaired) electrons. The smallest absolute Gasteiger partial charge is 0.255 e. The van der Waals surface area contributed by atoms with Gasteiger partial charge < -0.3 is 15.4 Å². The molecule has 0 fully saturated rings. The minimum absolute atomic E-state index is 0.267. The van der Waals surface area contributed by atoms with Crippen molar-refractivity contribution in [2.24, 2.45) is 4.99 Å². The summed E-state index contributed by atoms with van der Waals surface area (Å²) in [5.74, 6) is 0.463. The number of benzene rings is 3. The van der Waals surface area contributed by atoms with Crippen LogP contribution in [0.4, 0.5) is 10.1 Å².